The molecule has 0 bridgehead atoms. The molecule has 0 radical (unpaired) electrons. The highest BCUT2D eigenvalue weighted by Crippen LogP contribution is 2.29. The van der Waals surface area contributed by atoms with E-state index >= 15 is 0 Å². The minimum Gasteiger partial charge on any atom is -0.367 e. The Balaban J connectivity index is 2.22. The van der Waals surface area contributed by atoms with Gasteiger partial charge in [-0.15, -0.1) is 0 Å². The number of aryl methyl sites for hydroxylation is 1. The van der Waals surface area contributed by atoms with Crippen molar-refractivity contribution in [3.8, 4) is 6.07 Å². The van der Waals surface area contributed by atoms with E-state index in [1.807, 2.05) is 12.1 Å². The van der Waals surface area contributed by atoms with Crippen molar-refractivity contribution in [2.75, 3.05) is 32.1 Å². The first-order valence-electron chi connectivity index (χ1n) is 6.54. The molecular weight excluding hydrogens is 222 g/mol. The summed E-state index contributed by atoms with van der Waals surface area (Å²) in [4.78, 5) is 4.75. The molecule has 1 fully saturated rings. The molecule has 0 aromatic heterocycles. The van der Waals surface area contributed by atoms with Crippen molar-refractivity contribution in [1.82, 2.24) is 4.90 Å². The van der Waals surface area contributed by atoms with E-state index in [4.69, 9.17) is 5.26 Å². The van der Waals surface area contributed by atoms with Crippen molar-refractivity contribution < 1.29 is 0 Å². The van der Waals surface area contributed by atoms with Crippen LogP contribution in [-0.4, -0.2) is 38.1 Å². The number of hydrogen-bond donors (Lipinski definition) is 0. The molecule has 1 atom stereocenters. The Labute approximate surface area is 110 Å². The molecule has 0 aliphatic carbocycles. The van der Waals surface area contributed by atoms with E-state index in [1.165, 1.54) is 24.1 Å². The first kappa shape index (κ1) is 12.9. The van der Waals surface area contributed by atoms with E-state index in [-0.39, 0.29) is 0 Å². The summed E-state index contributed by atoms with van der Waals surface area (Å²) in [6, 6.07) is 8.82. The molecule has 96 valence electrons. The first-order valence-corrected chi connectivity index (χ1v) is 6.54. The molecule has 18 heavy (non-hydrogen) atoms. The molecule has 0 saturated carbocycles. The second kappa shape index (κ2) is 5.41. The maximum Gasteiger partial charge on any atom is 0.0991 e. The lowest BCUT2D eigenvalue weighted by Gasteiger charge is -2.30. The van der Waals surface area contributed by atoms with Crippen LogP contribution >= 0.6 is 0 Å². The number of nitriles is 1. The van der Waals surface area contributed by atoms with Gasteiger partial charge in [0.1, 0.15) is 0 Å². The van der Waals surface area contributed by atoms with Gasteiger partial charge in [-0.2, -0.15) is 5.26 Å². The van der Waals surface area contributed by atoms with Crippen LogP contribution in [0.25, 0.3) is 0 Å². The average Bonchev–Trinajstić information content (AvgIpc) is 2.76. The van der Waals surface area contributed by atoms with E-state index in [0.717, 1.165) is 18.7 Å². The van der Waals surface area contributed by atoms with Crippen LogP contribution in [0.15, 0.2) is 18.2 Å². The van der Waals surface area contributed by atoms with Crippen molar-refractivity contribution in [2.45, 2.75) is 25.8 Å². The predicted molar refractivity (Wildman–Crippen MR) is 74.8 cm³/mol. The smallest absolute Gasteiger partial charge is 0.0991 e. The minimum atomic E-state index is 0.603. The molecule has 1 aliphatic heterocycles. The molecular formula is C15H21N3. The summed E-state index contributed by atoms with van der Waals surface area (Å²) in [5.41, 5.74) is 3.25. The Kier molecular flexibility index (Phi) is 3.88. The minimum absolute atomic E-state index is 0.603. The summed E-state index contributed by atoms with van der Waals surface area (Å²) < 4.78 is 0. The van der Waals surface area contributed by atoms with Crippen LogP contribution in [0.5, 0.6) is 0 Å². The maximum atomic E-state index is 8.92. The van der Waals surface area contributed by atoms with Crippen LogP contribution in [0.2, 0.25) is 0 Å². The molecule has 1 aromatic rings. The molecule has 3 nitrogen and oxygen atoms in total. The number of rotatable bonds is 3. The fraction of sp³-hybridized carbons (Fsp3) is 0.533. The molecule has 0 N–H and O–H groups in total. The molecule has 1 unspecified atom stereocenters. The summed E-state index contributed by atoms with van der Waals surface area (Å²) in [5, 5.41) is 8.92. The maximum absolute atomic E-state index is 8.92. The van der Waals surface area contributed by atoms with Gasteiger partial charge in [-0.25, -0.2) is 0 Å². The summed E-state index contributed by atoms with van der Waals surface area (Å²) in [6.07, 6.45) is 2.52. The van der Waals surface area contributed by atoms with Crippen LogP contribution in [-0.2, 0) is 0 Å². The molecule has 1 aromatic carbocycles. The van der Waals surface area contributed by atoms with E-state index in [2.05, 4.69) is 43.0 Å². The summed E-state index contributed by atoms with van der Waals surface area (Å²) in [5.74, 6) is 0. The Morgan fingerprint density at radius 1 is 1.44 bits per heavy atom. The zero-order chi connectivity index (χ0) is 13.1. The monoisotopic (exact) mass is 243 g/mol. The van der Waals surface area contributed by atoms with Crippen LogP contribution in [0.1, 0.15) is 24.0 Å². The van der Waals surface area contributed by atoms with Crippen LogP contribution < -0.4 is 4.90 Å². The Morgan fingerprint density at radius 3 is 2.83 bits per heavy atom. The molecule has 3 heteroatoms. The Morgan fingerprint density at radius 2 is 2.22 bits per heavy atom. The SMILES string of the molecule is Cc1cc(C#N)ccc1N1CCCC1CN(C)C. The second-order valence-electron chi connectivity index (χ2n) is 5.36. The molecule has 0 spiro atoms. The molecule has 1 aliphatic rings. The van der Waals surface area contributed by atoms with Gasteiger partial charge < -0.3 is 9.80 Å². The second-order valence-corrected chi connectivity index (χ2v) is 5.36. The first-order chi connectivity index (χ1) is 8.61. The summed E-state index contributed by atoms with van der Waals surface area (Å²) in [7, 11) is 4.25. The third kappa shape index (κ3) is 2.65. The van der Waals surface area contributed by atoms with Gasteiger partial charge in [-0.05, 0) is 57.6 Å². The zero-order valence-corrected chi connectivity index (χ0v) is 11.5. The lowest BCUT2D eigenvalue weighted by atomic mass is 10.1. The third-order valence-electron chi connectivity index (χ3n) is 3.59. The van der Waals surface area contributed by atoms with Gasteiger partial charge >= 0.3 is 0 Å². The van der Waals surface area contributed by atoms with E-state index in [9.17, 15) is 0 Å². The van der Waals surface area contributed by atoms with Gasteiger partial charge in [-0.1, -0.05) is 0 Å². The lowest BCUT2D eigenvalue weighted by molar-refractivity contribution is 0.372. The molecule has 1 saturated heterocycles. The van der Waals surface area contributed by atoms with Crippen LogP contribution in [0.4, 0.5) is 5.69 Å². The van der Waals surface area contributed by atoms with Gasteiger partial charge in [0.2, 0.25) is 0 Å². The highest BCUT2D eigenvalue weighted by molar-refractivity contribution is 5.57. The van der Waals surface area contributed by atoms with Crippen LogP contribution in [0.3, 0.4) is 0 Å². The summed E-state index contributed by atoms with van der Waals surface area (Å²) in [6.45, 7) is 4.33. The van der Waals surface area contributed by atoms with Crippen molar-refractivity contribution in [1.29, 1.82) is 5.26 Å². The number of hydrogen-bond acceptors (Lipinski definition) is 3. The fourth-order valence-corrected chi connectivity index (χ4v) is 2.81. The normalized spacial score (nSPS) is 19.3. The number of likely N-dealkylation sites (N-methyl/N-ethyl adjacent to an activating group) is 1. The molecule has 2 rings (SSSR count). The van der Waals surface area contributed by atoms with Crippen molar-refractivity contribution >= 4 is 5.69 Å². The fourth-order valence-electron chi connectivity index (χ4n) is 2.81. The highest BCUT2D eigenvalue weighted by Gasteiger charge is 2.25. The third-order valence-corrected chi connectivity index (χ3v) is 3.59. The number of nitrogens with zero attached hydrogens (tertiary/aromatic N) is 3. The number of benzene rings is 1. The van der Waals surface area contributed by atoms with Gasteiger partial charge in [0.15, 0.2) is 0 Å². The van der Waals surface area contributed by atoms with Gasteiger partial charge in [-0.3, -0.25) is 0 Å². The quantitative estimate of drug-likeness (QED) is 0.816. The Bertz CT molecular complexity index is 459. The van der Waals surface area contributed by atoms with Crippen LogP contribution in [0, 0.1) is 18.3 Å². The molecule has 0 amide bonds. The van der Waals surface area contributed by atoms with E-state index in [1.54, 1.807) is 0 Å². The van der Waals surface area contributed by atoms with E-state index in [0.29, 0.717) is 6.04 Å². The van der Waals surface area contributed by atoms with Crippen molar-refractivity contribution in [3.05, 3.63) is 29.3 Å². The largest absolute Gasteiger partial charge is 0.367 e. The Hall–Kier alpha value is -1.53. The van der Waals surface area contributed by atoms with E-state index < -0.39 is 0 Å². The lowest BCUT2D eigenvalue weighted by Crippen LogP contribution is -2.37. The summed E-state index contributed by atoms with van der Waals surface area (Å²) >= 11 is 0. The van der Waals surface area contributed by atoms with Gasteiger partial charge in [0.25, 0.3) is 0 Å². The highest BCUT2D eigenvalue weighted by atomic mass is 15.2. The topological polar surface area (TPSA) is 30.3 Å². The number of anilines is 1. The van der Waals surface area contributed by atoms with Crippen molar-refractivity contribution in [2.24, 2.45) is 0 Å². The predicted octanol–water partition coefficient (Wildman–Crippen LogP) is 2.40. The zero-order valence-electron chi connectivity index (χ0n) is 11.5. The average molecular weight is 243 g/mol. The van der Waals surface area contributed by atoms with Gasteiger partial charge in [0, 0.05) is 24.8 Å². The van der Waals surface area contributed by atoms with Crippen molar-refractivity contribution in [3.63, 3.8) is 0 Å². The standard InChI is InChI=1S/C15H21N3/c1-12-9-13(10-16)6-7-15(12)18-8-4-5-14(18)11-17(2)3/h6-7,9,14H,4-5,8,11H2,1-3H3. The molecule has 1 heterocycles. The van der Waals surface area contributed by atoms with Gasteiger partial charge in [0.05, 0.1) is 11.6 Å².